The van der Waals surface area contributed by atoms with Gasteiger partial charge in [0.05, 0.1) is 17.0 Å². The summed E-state index contributed by atoms with van der Waals surface area (Å²) in [5.74, 6) is 0.555. The molecule has 0 spiro atoms. The summed E-state index contributed by atoms with van der Waals surface area (Å²) >= 11 is 1.36. The van der Waals surface area contributed by atoms with Crippen LogP contribution in [-0.2, 0) is 6.54 Å². The van der Waals surface area contributed by atoms with Gasteiger partial charge in [-0.25, -0.2) is 4.98 Å². The van der Waals surface area contributed by atoms with Gasteiger partial charge < -0.3 is 9.88 Å². The number of fused-ring (bicyclic) bond motifs is 1. The number of hydrogen-bond donors (Lipinski definition) is 1. The molecule has 118 valence electrons. The van der Waals surface area contributed by atoms with Crippen molar-refractivity contribution >= 4 is 32.9 Å². The number of H-pyrrole nitrogens is 1. The molecule has 23 heavy (non-hydrogen) atoms. The molecule has 2 heterocycles. The minimum atomic E-state index is -0.400. The lowest BCUT2D eigenvalue weighted by Crippen LogP contribution is -2.21. The molecule has 0 aliphatic carbocycles. The molecular weight excluding hydrogens is 316 g/mol. The molecule has 0 fully saturated rings. The maximum absolute atomic E-state index is 12.0. The number of aryl methyl sites for hydroxylation is 1. The second-order valence-electron chi connectivity index (χ2n) is 5.23. The zero-order valence-corrected chi connectivity index (χ0v) is 13.4. The molecule has 3 rings (SSSR count). The summed E-state index contributed by atoms with van der Waals surface area (Å²) in [7, 11) is 1.85. The van der Waals surface area contributed by atoms with E-state index in [0.717, 1.165) is 5.69 Å². The standard InChI is InChI=1S/C15H14N4O3S/c1-9-7-10(3-4-12(9)19(21)22)18(2)8-13-16-11-5-6-23-14(11)15(20)17-13/h3-7H,8H2,1-2H3,(H,16,17,20). The van der Waals surface area contributed by atoms with Crippen molar-refractivity contribution in [1.29, 1.82) is 0 Å². The minimum absolute atomic E-state index is 0.0911. The van der Waals surface area contributed by atoms with Gasteiger partial charge in [0.1, 0.15) is 10.5 Å². The molecule has 1 N–H and O–H groups in total. The smallest absolute Gasteiger partial charge is 0.272 e. The molecule has 1 aromatic carbocycles. The van der Waals surface area contributed by atoms with Crippen molar-refractivity contribution in [3.8, 4) is 0 Å². The van der Waals surface area contributed by atoms with Crippen molar-refractivity contribution in [2.75, 3.05) is 11.9 Å². The lowest BCUT2D eigenvalue weighted by Gasteiger charge is -2.19. The van der Waals surface area contributed by atoms with Gasteiger partial charge in [0, 0.05) is 24.4 Å². The highest BCUT2D eigenvalue weighted by Gasteiger charge is 2.13. The first-order valence-electron chi connectivity index (χ1n) is 6.88. The molecule has 0 saturated heterocycles. The van der Waals surface area contributed by atoms with Crippen LogP contribution in [0, 0.1) is 17.0 Å². The van der Waals surface area contributed by atoms with Gasteiger partial charge in [0.25, 0.3) is 11.2 Å². The average molecular weight is 330 g/mol. The van der Waals surface area contributed by atoms with Gasteiger partial charge >= 0.3 is 0 Å². The summed E-state index contributed by atoms with van der Waals surface area (Å²) < 4.78 is 0.614. The van der Waals surface area contributed by atoms with Crippen LogP contribution in [0.25, 0.3) is 10.2 Å². The van der Waals surface area contributed by atoms with E-state index >= 15 is 0 Å². The van der Waals surface area contributed by atoms with Gasteiger partial charge in [-0.05, 0) is 30.5 Å². The van der Waals surface area contributed by atoms with Crippen LogP contribution < -0.4 is 10.5 Å². The van der Waals surface area contributed by atoms with E-state index in [0.29, 0.717) is 28.1 Å². The fraction of sp³-hybridized carbons (Fsp3) is 0.200. The van der Waals surface area contributed by atoms with Crippen LogP contribution in [0.2, 0.25) is 0 Å². The summed E-state index contributed by atoms with van der Waals surface area (Å²) in [6.07, 6.45) is 0. The van der Waals surface area contributed by atoms with Crippen molar-refractivity contribution < 1.29 is 4.92 Å². The molecule has 2 aromatic heterocycles. The topological polar surface area (TPSA) is 92.1 Å². The Labute approximate surface area is 135 Å². The molecule has 3 aromatic rings. The highest BCUT2D eigenvalue weighted by atomic mass is 32.1. The first-order valence-corrected chi connectivity index (χ1v) is 7.76. The van der Waals surface area contributed by atoms with E-state index in [1.54, 1.807) is 19.1 Å². The van der Waals surface area contributed by atoms with Crippen LogP contribution in [0.3, 0.4) is 0 Å². The third kappa shape index (κ3) is 2.93. The first kappa shape index (κ1) is 15.2. The van der Waals surface area contributed by atoms with Gasteiger partial charge in [-0.1, -0.05) is 0 Å². The van der Waals surface area contributed by atoms with Crippen LogP contribution in [0.15, 0.2) is 34.4 Å². The van der Waals surface area contributed by atoms with Gasteiger partial charge in [0.15, 0.2) is 0 Å². The summed E-state index contributed by atoms with van der Waals surface area (Å²) in [6.45, 7) is 2.10. The summed E-state index contributed by atoms with van der Waals surface area (Å²) in [5, 5.41) is 12.7. The average Bonchev–Trinajstić information content (AvgIpc) is 2.95. The van der Waals surface area contributed by atoms with Crippen molar-refractivity contribution in [2.45, 2.75) is 13.5 Å². The van der Waals surface area contributed by atoms with Gasteiger partial charge in [0.2, 0.25) is 0 Å². The maximum atomic E-state index is 12.0. The van der Waals surface area contributed by atoms with E-state index in [2.05, 4.69) is 9.97 Å². The van der Waals surface area contributed by atoms with Crippen molar-refractivity contribution in [3.05, 3.63) is 61.5 Å². The highest BCUT2D eigenvalue weighted by Crippen LogP contribution is 2.24. The lowest BCUT2D eigenvalue weighted by atomic mass is 10.1. The summed E-state index contributed by atoms with van der Waals surface area (Å²) in [6, 6.07) is 6.74. The van der Waals surface area contributed by atoms with Crippen LogP contribution in [0.1, 0.15) is 11.4 Å². The Morgan fingerprint density at radius 3 is 2.87 bits per heavy atom. The molecule has 7 nitrogen and oxygen atoms in total. The molecule has 0 unspecified atom stereocenters. The lowest BCUT2D eigenvalue weighted by molar-refractivity contribution is -0.385. The molecule has 0 aliphatic rings. The Bertz CT molecular complexity index is 947. The number of aromatic nitrogens is 2. The Balaban J connectivity index is 1.88. The van der Waals surface area contributed by atoms with E-state index in [4.69, 9.17) is 0 Å². The van der Waals surface area contributed by atoms with E-state index < -0.39 is 4.92 Å². The van der Waals surface area contributed by atoms with Crippen molar-refractivity contribution in [1.82, 2.24) is 9.97 Å². The molecule has 0 aliphatic heterocycles. The predicted octanol–water partition coefficient (Wildman–Crippen LogP) is 2.84. The van der Waals surface area contributed by atoms with Crippen LogP contribution in [0.4, 0.5) is 11.4 Å². The number of nitrogens with one attached hydrogen (secondary N) is 1. The zero-order chi connectivity index (χ0) is 16.6. The van der Waals surface area contributed by atoms with E-state index in [1.807, 2.05) is 23.4 Å². The third-order valence-electron chi connectivity index (χ3n) is 3.57. The maximum Gasteiger partial charge on any atom is 0.272 e. The molecule has 0 radical (unpaired) electrons. The number of benzene rings is 1. The van der Waals surface area contributed by atoms with Gasteiger partial charge in [-0.15, -0.1) is 11.3 Å². The number of rotatable bonds is 4. The summed E-state index contributed by atoms with van der Waals surface area (Å²) in [5.41, 5.74) is 2.04. The first-order chi connectivity index (χ1) is 11.0. The van der Waals surface area contributed by atoms with Crippen LogP contribution >= 0.6 is 11.3 Å². The van der Waals surface area contributed by atoms with E-state index in [-0.39, 0.29) is 11.2 Å². The zero-order valence-electron chi connectivity index (χ0n) is 12.6. The van der Waals surface area contributed by atoms with Gasteiger partial charge in [-0.3, -0.25) is 14.9 Å². The number of nitrogens with zero attached hydrogens (tertiary/aromatic N) is 3. The molecular formula is C15H14N4O3S. The van der Waals surface area contributed by atoms with E-state index in [1.165, 1.54) is 17.4 Å². The number of hydrogen-bond acceptors (Lipinski definition) is 6. The number of aromatic amines is 1. The Morgan fingerprint density at radius 2 is 2.17 bits per heavy atom. The largest absolute Gasteiger partial charge is 0.367 e. The fourth-order valence-electron chi connectivity index (χ4n) is 2.39. The normalized spacial score (nSPS) is 10.9. The fourth-order valence-corrected chi connectivity index (χ4v) is 3.12. The van der Waals surface area contributed by atoms with Crippen molar-refractivity contribution in [3.63, 3.8) is 0 Å². The highest BCUT2D eigenvalue weighted by molar-refractivity contribution is 7.17. The van der Waals surface area contributed by atoms with Gasteiger partial charge in [-0.2, -0.15) is 0 Å². The Kier molecular flexibility index (Phi) is 3.83. The second kappa shape index (κ2) is 5.81. The number of thiophene rings is 1. The SMILES string of the molecule is Cc1cc(N(C)Cc2nc3ccsc3c(=O)[nH]2)ccc1[N+](=O)[O-]. The molecule has 0 amide bonds. The van der Waals surface area contributed by atoms with E-state index in [9.17, 15) is 14.9 Å². The number of nitro benzene ring substituents is 1. The minimum Gasteiger partial charge on any atom is -0.367 e. The monoisotopic (exact) mass is 330 g/mol. The third-order valence-corrected chi connectivity index (χ3v) is 4.47. The molecule has 0 bridgehead atoms. The number of nitro groups is 1. The number of anilines is 1. The molecule has 0 saturated carbocycles. The van der Waals surface area contributed by atoms with Crippen LogP contribution in [-0.4, -0.2) is 21.9 Å². The Morgan fingerprint density at radius 1 is 1.39 bits per heavy atom. The quantitative estimate of drug-likeness (QED) is 0.586. The molecule has 8 heteroatoms. The molecule has 0 atom stereocenters. The Hall–Kier alpha value is -2.74. The summed E-state index contributed by atoms with van der Waals surface area (Å²) in [4.78, 5) is 31.5. The second-order valence-corrected chi connectivity index (χ2v) is 6.15. The van der Waals surface area contributed by atoms with Crippen LogP contribution in [0.5, 0.6) is 0 Å². The predicted molar refractivity (Wildman–Crippen MR) is 90.2 cm³/mol. The van der Waals surface area contributed by atoms with Crippen molar-refractivity contribution in [2.24, 2.45) is 0 Å².